The number of aliphatic hydroxyl groups is 1. The fraction of sp³-hybridized carbons (Fsp3) is 1.00. The van der Waals surface area contributed by atoms with Crippen LogP contribution in [0, 0.1) is 11.8 Å². The van der Waals surface area contributed by atoms with E-state index in [4.69, 9.17) is 0 Å². The zero-order chi connectivity index (χ0) is 9.71. The molecule has 0 aromatic heterocycles. The Morgan fingerprint density at radius 3 is 2.64 bits per heavy atom. The third kappa shape index (κ3) is 1.41. The standard InChI is InChI=1S/C11H19NOS/c1-14-10-5-7-8(11(10)13)4-9(7)12-6-2-3-6/h6-13H,2-5H2,1H3/t7-,8-,9+,10+,11+/m1/s1. The Morgan fingerprint density at radius 2 is 2.00 bits per heavy atom. The van der Waals surface area contributed by atoms with E-state index in [2.05, 4.69) is 11.6 Å². The third-order valence-corrected chi connectivity index (χ3v) is 5.32. The molecule has 3 aliphatic rings. The molecular formula is C11H19NOS. The molecule has 0 spiro atoms. The van der Waals surface area contributed by atoms with Gasteiger partial charge in [0.1, 0.15) is 0 Å². The average molecular weight is 213 g/mol. The number of hydrogen-bond acceptors (Lipinski definition) is 3. The van der Waals surface area contributed by atoms with Gasteiger partial charge in [0.2, 0.25) is 0 Å². The summed E-state index contributed by atoms with van der Waals surface area (Å²) in [6.07, 6.45) is 7.32. The number of nitrogens with one attached hydrogen (secondary N) is 1. The van der Waals surface area contributed by atoms with Gasteiger partial charge in [0, 0.05) is 17.3 Å². The second-order valence-electron chi connectivity index (χ2n) is 5.11. The molecule has 3 heteroatoms. The second-order valence-corrected chi connectivity index (χ2v) is 6.19. The molecule has 3 aliphatic carbocycles. The highest BCUT2D eigenvalue weighted by atomic mass is 32.2. The molecule has 2 N–H and O–H groups in total. The van der Waals surface area contributed by atoms with Gasteiger partial charge in [0.25, 0.3) is 0 Å². The summed E-state index contributed by atoms with van der Waals surface area (Å²) in [4.78, 5) is 0. The van der Waals surface area contributed by atoms with Gasteiger partial charge in [-0.3, -0.25) is 0 Å². The minimum atomic E-state index is -0.0211. The number of aliphatic hydroxyl groups excluding tert-OH is 1. The van der Waals surface area contributed by atoms with E-state index in [1.54, 1.807) is 0 Å². The fourth-order valence-electron chi connectivity index (χ4n) is 3.14. The molecule has 0 unspecified atom stereocenters. The number of fused-ring (bicyclic) bond motifs is 1. The Hall–Kier alpha value is 0.270. The molecule has 80 valence electrons. The summed E-state index contributed by atoms with van der Waals surface area (Å²) < 4.78 is 0. The van der Waals surface area contributed by atoms with Crippen LogP contribution in [0.2, 0.25) is 0 Å². The van der Waals surface area contributed by atoms with Crippen molar-refractivity contribution in [3.8, 4) is 0 Å². The topological polar surface area (TPSA) is 32.3 Å². The van der Waals surface area contributed by atoms with E-state index in [9.17, 15) is 5.11 Å². The van der Waals surface area contributed by atoms with Gasteiger partial charge in [0.15, 0.2) is 0 Å². The molecule has 3 saturated carbocycles. The summed E-state index contributed by atoms with van der Waals surface area (Å²) in [6, 6.07) is 1.56. The van der Waals surface area contributed by atoms with Crippen molar-refractivity contribution < 1.29 is 5.11 Å². The number of rotatable bonds is 3. The Morgan fingerprint density at radius 1 is 1.21 bits per heavy atom. The van der Waals surface area contributed by atoms with Gasteiger partial charge in [-0.1, -0.05) is 0 Å². The zero-order valence-corrected chi connectivity index (χ0v) is 9.46. The van der Waals surface area contributed by atoms with Crippen molar-refractivity contribution in [3.63, 3.8) is 0 Å². The van der Waals surface area contributed by atoms with E-state index >= 15 is 0 Å². The maximum Gasteiger partial charge on any atom is 0.0690 e. The minimum absolute atomic E-state index is 0.0211. The number of thioether (sulfide) groups is 1. The summed E-state index contributed by atoms with van der Waals surface area (Å²) in [5.74, 6) is 1.40. The second kappa shape index (κ2) is 3.39. The Kier molecular flexibility index (Phi) is 2.30. The van der Waals surface area contributed by atoms with Crippen LogP contribution in [0.5, 0.6) is 0 Å². The van der Waals surface area contributed by atoms with Gasteiger partial charge >= 0.3 is 0 Å². The predicted molar refractivity (Wildman–Crippen MR) is 59.5 cm³/mol. The van der Waals surface area contributed by atoms with Crippen LogP contribution < -0.4 is 5.32 Å². The lowest BCUT2D eigenvalue weighted by Crippen LogP contribution is -2.51. The molecule has 14 heavy (non-hydrogen) atoms. The molecule has 0 bridgehead atoms. The Labute approximate surface area is 89.8 Å². The number of hydrogen-bond donors (Lipinski definition) is 2. The van der Waals surface area contributed by atoms with Crippen molar-refractivity contribution in [2.45, 2.75) is 49.1 Å². The molecule has 5 atom stereocenters. The van der Waals surface area contributed by atoms with Crippen LogP contribution in [0.4, 0.5) is 0 Å². The first kappa shape index (κ1) is 9.49. The third-order valence-electron chi connectivity index (χ3n) is 4.25. The van der Waals surface area contributed by atoms with Gasteiger partial charge in [-0.25, -0.2) is 0 Å². The smallest absolute Gasteiger partial charge is 0.0690 e. The van der Waals surface area contributed by atoms with Crippen LogP contribution in [0.1, 0.15) is 25.7 Å². The van der Waals surface area contributed by atoms with Crippen LogP contribution in [0.25, 0.3) is 0 Å². The van der Waals surface area contributed by atoms with E-state index in [1.165, 1.54) is 25.7 Å². The van der Waals surface area contributed by atoms with Gasteiger partial charge in [-0.15, -0.1) is 0 Å². The van der Waals surface area contributed by atoms with Crippen molar-refractivity contribution >= 4 is 11.8 Å². The van der Waals surface area contributed by atoms with Crippen LogP contribution in [-0.4, -0.2) is 34.8 Å². The van der Waals surface area contributed by atoms with Gasteiger partial charge in [0.05, 0.1) is 6.10 Å². The zero-order valence-electron chi connectivity index (χ0n) is 8.65. The van der Waals surface area contributed by atoms with Gasteiger partial charge in [-0.2, -0.15) is 11.8 Å². The van der Waals surface area contributed by atoms with E-state index in [1.807, 2.05) is 11.8 Å². The summed E-state index contributed by atoms with van der Waals surface area (Å²) in [5.41, 5.74) is 0. The summed E-state index contributed by atoms with van der Waals surface area (Å²) in [5, 5.41) is 14.2. The first-order valence-corrected chi connectivity index (χ1v) is 7.05. The van der Waals surface area contributed by atoms with E-state index in [-0.39, 0.29) is 6.10 Å². The highest BCUT2D eigenvalue weighted by molar-refractivity contribution is 7.99. The Balaban J connectivity index is 1.58. The quantitative estimate of drug-likeness (QED) is 0.740. The fourth-order valence-corrected chi connectivity index (χ4v) is 4.04. The lowest BCUT2D eigenvalue weighted by Gasteiger charge is -2.42. The van der Waals surface area contributed by atoms with E-state index < -0.39 is 0 Å². The lowest BCUT2D eigenvalue weighted by molar-refractivity contribution is 0.0384. The lowest BCUT2D eigenvalue weighted by atomic mass is 9.71. The minimum Gasteiger partial charge on any atom is -0.392 e. The summed E-state index contributed by atoms with van der Waals surface area (Å²) in [7, 11) is 0. The largest absolute Gasteiger partial charge is 0.392 e. The molecule has 3 fully saturated rings. The van der Waals surface area contributed by atoms with E-state index in [0.717, 1.165) is 18.0 Å². The summed E-state index contributed by atoms with van der Waals surface area (Å²) >= 11 is 1.85. The molecule has 0 aromatic rings. The molecule has 3 rings (SSSR count). The molecule has 0 amide bonds. The summed E-state index contributed by atoms with van der Waals surface area (Å²) in [6.45, 7) is 0. The first-order chi connectivity index (χ1) is 6.79. The highest BCUT2D eigenvalue weighted by Gasteiger charge is 2.53. The normalized spacial score (nSPS) is 51.4. The average Bonchev–Trinajstić information content (AvgIpc) is 2.92. The molecule has 0 radical (unpaired) electrons. The SMILES string of the molecule is CS[C@H]1C[C@@H]2[C@@H](C[C@@H]2NC2CC2)[C@@H]1O. The molecule has 0 aliphatic heterocycles. The van der Waals surface area contributed by atoms with Crippen molar-refractivity contribution in [2.75, 3.05) is 6.26 Å². The molecule has 0 aromatic carbocycles. The van der Waals surface area contributed by atoms with E-state index in [0.29, 0.717) is 11.2 Å². The molecule has 0 heterocycles. The van der Waals surface area contributed by atoms with Gasteiger partial charge < -0.3 is 10.4 Å². The predicted octanol–water partition coefficient (Wildman–Crippen LogP) is 1.24. The van der Waals surface area contributed by atoms with Crippen LogP contribution in [0.3, 0.4) is 0 Å². The molecule has 0 saturated heterocycles. The van der Waals surface area contributed by atoms with Crippen molar-refractivity contribution in [1.29, 1.82) is 0 Å². The van der Waals surface area contributed by atoms with Crippen molar-refractivity contribution in [1.82, 2.24) is 5.32 Å². The molecular weight excluding hydrogens is 194 g/mol. The molecule has 2 nitrogen and oxygen atoms in total. The first-order valence-electron chi connectivity index (χ1n) is 5.76. The van der Waals surface area contributed by atoms with Crippen LogP contribution >= 0.6 is 11.8 Å². The van der Waals surface area contributed by atoms with Crippen molar-refractivity contribution in [3.05, 3.63) is 0 Å². The highest BCUT2D eigenvalue weighted by Crippen LogP contribution is 2.50. The monoisotopic (exact) mass is 213 g/mol. The maximum absolute atomic E-state index is 10.00. The van der Waals surface area contributed by atoms with Gasteiger partial charge in [-0.05, 0) is 43.8 Å². The maximum atomic E-state index is 10.00. The Bertz CT molecular complexity index is 231. The van der Waals surface area contributed by atoms with Crippen molar-refractivity contribution in [2.24, 2.45) is 11.8 Å². The van der Waals surface area contributed by atoms with Crippen LogP contribution in [-0.2, 0) is 0 Å². The van der Waals surface area contributed by atoms with Crippen LogP contribution in [0.15, 0.2) is 0 Å².